The molecule has 0 spiro atoms. The Morgan fingerprint density at radius 2 is 1.96 bits per heavy atom. The molecule has 148 valence electrons. The van der Waals surface area contributed by atoms with E-state index in [1.807, 2.05) is 31.2 Å². The van der Waals surface area contributed by atoms with Crippen LogP contribution in [0.3, 0.4) is 0 Å². The Balaban J connectivity index is 1.77. The van der Waals surface area contributed by atoms with Gasteiger partial charge in [0, 0.05) is 16.6 Å². The second-order valence-corrected chi connectivity index (χ2v) is 10.0. The number of nitrogens with zero attached hydrogens (tertiary/aromatic N) is 2. The van der Waals surface area contributed by atoms with Crippen molar-refractivity contribution < 1.29 is 13.2 Å². The van der Waals surface area contributed by atoms with Crippen LogP contribution in [-0.2, 0) is 10.0 Å². The summed E-state index contributed by atoms with van der Waals surface area (Å²) >= 11 is 8.58. The number of nitrogens with one attached hydrogen (secondary N) is 1. The third-order valence-electron chi connectivity index (χ3n) is 3.91. The molecular weight excluding hydrogens is 438 g/mol. The first-order valence-corrected chi connectivity index (χ1v) is 11.7. The molecule has 1 aromatic heterocycles. The lowest BCUT2D eigenvalue weighted by Crippen LogP contribution is -2.14. The van der Waals surface area contributed by atoms with Gasteiger partial charge in [-0.15, -0.1) is 11.8 Å². The number of rotatable bonds is 7. The van der Waals surface area contributed by atoms with E-state index in [9.17, 15) is 8.42 Å². The zero-order chi connectivity index (χ0) is 20.3. The van der Waals surface area contributed by atoms with Gasteiger partial charge in [-0.25, -0.2) is 13.4 Å². The molecular formula is C18H18ClN3O3S3. The minimum absolute atomic E-state index is 0.0845. The second-order valence-electron chi connectivity index (χ2n) is 5.84. The number of halogens is 1. The van der Waals surface area contributed by atoms with Gasteiger partial charge in [-0.05, 0) is 43.7 Å². The van der Waals surface area contributed by atoms with Gasteiger partial charge >= 0.3 is 0 Å². The predicted octanol–water partition coefficient (Wildman–Crippen LogP) is 5.16. The number of aromatic nitrogens is 2. The summed E-state index contributed by atoms with van der Waals surface area (Å²) in [6.07, 6.45) is 0. The van der Waals surface area contributed by atoms with E-state index in [1.165, 1.54) is 6.07 Å². The third kappa shape index (κ3) is 4.60. The van der Waals surface area contributed by atoms with E-state index in [2.05, 4.69) is 14.1 Å². The van der Waals surface area contributed by atoms with Crippen LogP contribution >= 0.6 is 34.9 Å². The minimum atomic E-state index is -3.80. The van der Waals surface area contributed by atoms with Crippen molar-refractivity contribution in [3.63, 3.8) is 0 Å². The first-order valence-electron chi connectivity index (χ1n) is 8.23. The van der Waals surface area contributed by atoms with Gasteiger partial charge in [0.15, 0.2) is 5.82 Å². The van der Waals surface area contributed by atoms with E-state index in [0.717, 1.165) is 22.2 Å². The van der Waals surface area contributed by atoms with E-state index < -0.39 is 10.0 Å². The average Bonchev–Trinajstić information content (AvgIpc) is 3.12. The van der Waals surface area contributed by atoms with E-state index >= 15 is 0 Å². The summed E-state index contributed by atoms with van der Waals surface area (Å²) in [5, 5.41) is 0.517. The van der Waals surface area contributed by atoms with Crippen LogP contribution in [0.5, 0.6) is 5.75 Å². The molecule has 3 aromatic rings. The maximum Gasteiger partial charge on any atom is 0.264 e. The van der Waals surface area contributed by atoms with Crippen LogP contribution in [0.4, 0.5) is 5.13 Å². The number of hydrogen-bond acceptors (Lipinski definition) is 7. The summed E-state index contributed by atoms with van der Waals surface area (Å²) in [5.74, 6) is 1.31. The largest absolute Gasteiger partial charge is 0.496 e. The summed E-state index contributed by atoms with van der Waals surface area (Å²) in [4.78, 5) is 5.43. The summed E-state index contributed by atoms with van der Waals surface area (Å²) in [5.41, 5.74) is 0.488. The highest BCUT2D eigenvalue weighted by Crippen LogP contribution is 2.39. The van der Waals surface area contributed by atoms with E-state index in [0.29, 0.717) is 16.4 Å². The fourth-order valence-corrected chi connectivity index (χ4v) is 5.91. The van der Waals surface area contributed by atoms with Crippen molar-refractivity contribution in [3.8, 4) is 5.75 Å². The Morgan fingerprint density at radius 3 is 2.71 bits per heavy atom. The summed E-state index contributed by atoms with van der Waals surface area (Å²) < 4.78 is 37.5. The van der Waals surface area contributed by atoms with Gasteiger partial charge in [0.2, 0.25) is 5.13 Å². The fourth-order valence-electron chi connectivity index (χ4n) is 2.45. The number of hydrogen-bond donors (Lipinski definition) is 1. The lowest BCUT2D eigenvalue weighted by atomic mass is 10.2. The molecule has 0 bridgehead atoms. The van der Waals surface area contributed by atoms with Crippen molar-refractivity contribution in [2.24, 2.45) is 0 Å². The van der Waals surface area contributed by atoms with Crippen LogP contribution in [0.2, 0.25) is 5.02 Å². The van der Waals surface area contributed by atoms with Gasteiger partial charge in [-0.3, -0.25) is 4.72 Å². The van der Waals surface area contributed by atoms with Crippen LogP contribution in [0.25, 0.3) is 0 Å². The molecule has 0 aliphatic rings. The van der Waals surface area contributed by atoms with Crippen molar-refractivity contribution in [2.45, 2.75) is 28.9 Å². The van der Waals surface area contributed by atoms with E-state index in [4.69, 9.17) is 16.3 Å². The van der Waals surface area contributed by atoms with Crippen molar-refractivity contribution >= 4 is 50.1 Å². The van der Waals surface area contributed by atoms with Crippen molar-refractivity contribution in [1.82, 2.24) is 9.36 Å². The second kappa shape index (κ2) is 8.69. The van der Waals surface area contributed by atoms with Crippen LogP contribution in [0.1, 0.15) is 23.6 Å². The third-order valence-corrected chi connectivity index (χ3v) is 7.73. The van der Waals surface area contributed by atoms with Crippen LogP contribution in [-0.4, -0.2) is 24.9 Å². The van der Waals surface area contributed by atoms with Gasteiger partial charge in [0.05, 0.1) is 22.2 Å². The van der Waals surface area contributed by atoms with E-state index in [-0.39, 0.29) is 15.3 Å². The highest BCUT2D eigenvalue weighted by Gasteiger charge is 2.22. The molecule has 28 heavy (non-hydrogen) atoms. The van der Waals surface area contributed by atoms with Gasteiger partial charge in [-0.2, -0.15) is 4.37 Å². The summed E-state index contributed by atoms with van der Waals surface area (Å²) in [7, 11) is -2.18. The fraction of sp³-hybridized carbons (Fsp3) is 0.222. The standard InChI is InChI=1S/C18H18ClN3O3S3/c1-11-13(19)7-6-10-16(11)28(23,24)22-18-20-17(21-27-18)12(2)26-15-9-5-4-8-14(15)25-3/h4-10,12H,1-3H3,(H,20,21,22)/t12-/m1/s1. The molecule has 0 amide bonds. The van der Waals surface area contributed by atoms with Crippen LogP contribution < -0.4 is 9.46 Å². The Hall–Kier alpha value is -1.81. The molecule has 0 radical (unpaired) electrons. The molecule has 10 heteroatoms. The molecule has 2 aromatic carbocycles. The van der Waals surface area contributed by atoms with Gasteiger partial charge < -0.3 is 4.74 Å². The van der Waals surface area contributed by atoms with Gasteiger partial charge in [-0.1, -0.05) is 29.8 Å². The molecule has 0 saturated heterocycles. The van der Waals surface area contributed by atoms with Gasteiger partial charge in [0.1, 0.15) is 5.75 Å². The zero-order valence-corrected chi connectivity index (χ0v) is 18.5. The molecule has 6 nitrogen and oxygen atoms in total. The number of methoxy groups -OCH3 is 1. The molecule has 0 aliphatic carbocycles. The molecule has 1 atom stereocenters. The topological polar surface area (TPSA) is 81.2 Å². The first kappa shape index (κ1) is 20.9. The number of para-hydroxylation sites is 1. The van der Waals surface area contributed by atoms with Gasteiger partial charge in [0.25, 0.3) is 10.0 Å². The molecule has 1 N–H and O–H groups in total. The first-order chi connectivity index (χ1) is 13.3. The maximum absolute atomic E-state index is 12.7. The number of thioether (sulfide) groups is 1. The summed E-state index contributed by atoms with van der Waals surface area (Å²) in [6.45, 7) is 3.62. The highest BCUT2D eigenvalue weighted by atomic mass is 35.5. The number of benzene rings is 2. The molecule has 0 aliphatic heterocycles. The van der Waals surface area contributed by atoms with Crippen LogP contribution in [0, 0.1) is 6.92 Å². The smallest absolute Gasteiger partial charge is 0.264 e. The quantitative estimate of drug-likeness (QED) is 0.495. The number of sulfonamides is 1. The monoisotopic (exact) mass is 455 g/mol. The Kier molecular flexibility index (Phi) is 6.49. The summed E-state index contributed by atoms with van der Waals surface area (Å²) in [6, 6.07) is 12.4. The average molecular weight is 456 g/mol. The Bertz CT molecular complexity index is 1090. The van der Waals surface area contributed by atoms with Crippen molar-refractivity contribution in [2.75, 3.05) is 11.8 Å². The van der Waals surface area contributed by atoms with Crippen LogP contribution in [0.15, 0.2) is 52.3 Å². The van der Waals surface area contributed by atoms with Crippen molar-refractivity contribution in [1.29, 1.82) is 0 Å². The number of ether oxygens (including phenoxy) is 1. The molecule has 3 rings (SSSR count). The number of anilines is 1. The highest BCUT2D eigenvalue weighted by molar-refractivity contribution is 7.99. The predicted molar refractivity (Wildman–Crippen MR) is 114 cm³/mol. The Labute approximate surface area is 177 Å². The molecule has 0 unspecified atom stereocenters. The zero-order valence-electron chi connectivity index (χ0n) is 15.3. The minimum Gasteiger partial charge on any atom is -0.496 e. The van der Waals surface area contributed by atoms with Crippen molar-refractivity contribution in [3.05, 3.63) is 58.9 Å². The molecule has 0 saturated carbocycles. The SMILES string of the molecule is COc1ccccc1S[C@H](C)c1nsc(NS(=O)(=O)c2cccc(Cl)c2C)n1. The maximum atomic E-state index is 12.7. The van der Waals surface area contributed by atoms with E-state index in [1.54, 1.807) is 37.9 Å². The molecule has 1 heterocycles. The normalized spacial score (nSPS) is 12.6. The lowest BCUT2D eigenvalue weighted by Gasteiger charge is -2.11. The Morgan fingerprint density at radius 1 is 1.21 bits per heavy atom. The lowest BCUT2D eigenvalue weighted by molar-refractivity contribution is 0.404. The molecule has 0 fully saturated rings.